The fourth-order valence-electron chi connectivity index (χ4n) is 8.91. The van der Waals surface area contributed by atoms with Gasteiger partial charge in [-0.3, -0.25) is 14.4 Å². The molecule has 55 heavy (non-hydrogen) atoms. The second kappa shape index (κ2) is 15.1. The second-order valence-electron chi connectivity index (χ2n) is 15.6. The van der Waals surface area contributed by atoms with E-state index in [9.17, 15) is 44.7 Å². The van der Waals surface area contributed by atoms with Crippen LogP contribution in [0.4, 0.5) is 11.4 Å². The standard InChI is InChI=1S/C39H46BrN3O11Si/c1-20-35(55(2,3)52)29(16-30(45)42-18-23-7-5-4-6-22(23)14-26(42)19-44)54-39(20)27-15-24(40)10-13-28(27)43(38(39)51)17-21-8-11-25(12-9-21)41-36(49)34-32(47)31(46)33(48)37(50)53-34/h4-13,15,20,26,29,31-35,37,44,46-48,50,52H,14,16-19H2,1-3H3,(H,41,49)/t20-,26-,29+,31-,32-,33+,34-,35-,37+,39+/m0/s1. The number of aliphatic hydroxyl groups excluding tert-OH is 5. The summed E-state index contributed by atoms with van der Waals surface area (Å²) in [6, 6.07) is 19.6. The summed E-state index contributed by atoms with van der Waals surface area (Å²) in [6.07, 6.45) is -9.17. The Bertz CT molecular complexity index is 1960. The summed E-state index contributed by atoms with van der Waals surface area (Å²) in [7, 11) is -3.08. The molecule has 294 valence electrons. The Morgan fingerprint density at radius 2 is 1.67 bits per heavy atom. The molecule has 16 heteroatoms. The van der Waals surface area contributed by atoms with Crippen LogP contribution >= 0.6 is 15.9 Å². The average Bonchev–Trinajstić information content (AvgIpc) is 3.57. The third-order valence-corrected chi connectivity index (χ3v) is 14.6. The molecule has 0 radical (unpaired) electrons. The molecule has 1 spiro atoms. The van der Waals surface area contributed by atoms with E-state index in [1.54, 1.807) is 47.2 Å². The molecule has 3 amide bonds. The first-order chi connectivity index (χ1) is 26.0. The summed E-state index contributed by atoms with van der Waals surface area (Å²) in [4.78, 5) is 56.9. The van der Waals surface area contributed by atoms with Gasteiger partial charge in [0.05, 0.1) is 37.4 Å². The molecule has 2 saturated heterocycles. The normalized spacial score (nSPS) is 31.7. The Morgan fingerprint density at radius 3 is 2.35 bits per heavy atom. The summed E-state index contributed by atoms with van der Waals surface area (Å²) in [6.45, 7) is 5.78. The molecule has 0 bridgehead atoms. The summed E-state index contributed by atoms with van der Waals surface area (Å²) >= 11 is 3.57. The van der Waals surface area contributed by atoms with Gasteiger partial charge in [0.1, 0.15) is 18.3 Å². The number of ether oxygens (including phenoxy) is 2. The van der Waals surface area contributed by atoms with Crippen molar-refractivity contribution >= 4 is 53.3 Å². The van der Waals surface area contributed by atoms with E-state index < -0.39 is 74.1 Å². The van der Waals surface area contributed by atoms with E-state index in [-0.39, 0.29) is 31.4 Å². The molecule has 4 aliphatic rings. The predicted molar refractivity (Wildman–Crippen MR) is 205 cm³/mol. The largest absolute Gasteiger partial charge is 0.432 e. The third kappa shape index (κ3) is 7.07. The lowest BCUT2D eigenvalue weighted by Gasteiger charge is -2.37. The van der Waals surface area contributed by atoms with Crippen LogP contribution in [0, 0.1) is 5.92 Å². The van der Waals surface area contributed by atoms with Crippen molar-refractivity contribution < 1.29 is 54.2 Å². The van der Waals surface area contributed by atoms with Gasteiger partial charge in [0.2, 0.25) is 5.91 Å². The first-order valence-electron chi connectivity index (χ1n) is 18.3. The number of nitrogens with one attached hydrogen (secondary N) is 1. The molecule has 10 atom stereocenters. The lowest BCUT2D eigenvalue weighted by molar-refractivity contribution is -0.274. The molecule has 0 saturated carbocycles. The zero-order valence-corrected chi connectivity index (χ0v) is 33.2. The fourth-order valence-corrected chi connectivity index (χ4v) is 11.8. The SMILES string of the molecule is C[C@H]1[C@H]([Si](C)(C)O)[C@@H](CC(=O)N2Cc3ccccc3C[C@H]2CO)O[C@]12C(=O)N(Cc1ccc(NC(=O)[C@H]3O[C@@H](O)[C@H](O)[C@@H](O)[C@@H]3O)cc1)c1ccc(Br)cc12. The lowest BCUT2D eigenvalue weighted by Crippen LogP contribution is -2.60. The first-order valence-corrected chi connectivity index (χ1v) is 22.1. The van der Waals surface area contributed by atoms with Crippen LogP contribution in [0.5, 0.6) is 0 Å². The Kier molecular flexibility index (Phi) is 10.9. The number of rotatable bonds is 8. The minimum Gasteiger partial charge on any atom is -0.432 e. The molecule has 2 fully saturated rings. The van der Waals surface area contributed by atoms with Gasteiger partial charge in [-0.25, -0.2) is 0 Å². The van der Waals surface area contributed by atoms with Crippen molar-refractivity contribution in [2.75, 3.05) is 16.8 Å². The number of nitrogens with zero attached hydrogens (tertiary/aromatic N) is 2. The molecule has 4 heterocycles. The van der Waals surface area contributed by atoms with Gasteiger partial charge in [0, 0.05) is 33.7 Å². The minimum absolute atomic E-state index is 0.0718. The van der Waals surface area contributed by atoms with E-state index in [4.69, 9.17) is 9.47 Å². The monoisotopic (exact) mass is 839 g/mol. The third-order valence-electron chi connectivity index (χ3n) is 11.6. The van der Waals surface area contributed by atoms with Crippen molar-refractivity contribution in [2.45, 2.75) is 99.9 Å². The first kappa shape index (κ1) is 39.7. The van der Waals surface area contributed by atoms with Crippen molar-refractivity contribution in [3.63, 3.8) is 0 Å². The van der Waals surface area contributed by atoms with E-state index in [1.165, 1.54) is 0 Å². The van der Waals surface area contributed by atoms with Gasteiger partial charge in [-0.2, -0.15) is 0 Å². The molecule has 3 aromatic carbocycles. The molecular weight excluding hydrogens is 794 g/mol. The van der Waals surface area contributed by atoms with Crippen molar-refractivity contribution in [1.82, 2.24) is 4.90 Å². The molecule has 4 aliphatic heterocycles. The van der Waals surface area contributed by atoms with Crippen LogP contribution in [0.2, 0.25) is 18.6 Å². The van der Waals surface area contributed by atoms with E-state index in [2.05, 4.69) is 21.2 Å². The molecule has 7 N–H and O–H groups in total. The number of benzene rings is 3. The molecule has 0 unspecified atom stereocenters. The van der Waals surface area contributed by atoms with E-state index in [1.807, 2.05) is 49.4 Å². The van der Waals surface area contributed by atoms with Crippen molar-refractivity contribution in [2.24, 2.45) is 5.92 Å². The van der Waals surface area contributed by atoms with Crippen molar-refractivity contribution in [3.05, 3.63) is 93.5 Å². The number of hydrogen-bond acceptors (Lipinski definition) is 11. The van der Waals surface area contributed by atoms with Crippen LogP contribution in [-0.2, 0) is 49.0 Å². The fraction of sp³-hybridized carbons (Fsp3) is 0.462. The number of amides is 3. The van der Waals surface area contributed by atoms with Gasteiger partial charge in [-0.15, -0.1) is 0 Å². The van der Waals surface area contributed by atoms with E-state index >= 15 is 0 Å². The van der Waals surface area contributed by atoms with Gasteiger partial charge < -0.3 is 54.9 Å². The smallest absolute Gasteiger partial charge is 0.264 e. The highest BCUT2D eigenvalue weighted by Crippen LogP contribution is 2.60. The number of aliphatic hydroxyl groups is 5. The van der Waals surface area contributed by atoms with E-state index in [0.29, 0.717) is 35.5 Å². The molecule has 0 aromatic heterocycles. The van der Waals surface area contributed by atoms with Gasteiger partial charge in [-0.05, 0) is 66.5 Å². The van der Waals surface area contributed by atoms with Crippen molar-refractivity contribution in [1.29, 1.82) is 0 Å². The maximum atomic E-state index is 14.9. The van der Waals surface area contributed by atoms with Crippen molar-refractivity contribution in [3.8, 4) is 0 Å². The number of carbonyl (C=O) groups is 3. The zero-order chi connectivity index (χ0) is 39.6. The summed E-state index contributed by atoms with van der Waals surface area (Å²) in [5, 5.41) is 52.6. The molecule has 3 aromatic rings. The van der Waals surface area contributed by atoms with Gasteiger partial charge in [-0.1, -0.05) is 59.3 Å². The Morgan fingerprint density at radius 1 is 0.982 bits per heavy atom. The predicted octanol–water partition coefficient (Wildman–Crippen LogP) is 1.87. The number of anilines is 2. The molecular formula is C39H46BrN3O11Si. The van der Waals surface area contributed by atoms with Crippen LogP contribution in [0.25, 0.3) is 0 Å². The Labute approximate surface area is 327 Å². The second-order valence-corrected chi connectivity index (χ2v) is 20.4. The molecule has 7 rings (SSSR count). The number of carbonyl (C=O) groups excluding carboxylic acids is 3. The van der Waals surface area contributed by atoms with Crippen LogP contribution in [0.15, 0.2) is 71.2 Å². The number of hydrogen-bond donors (Lipinski definition) is 7. The van der Waals surface area contributed by atoms with Crippen LogP contribution in [-0.4, -0.2) is 111 Å². The Hall–Kier alpha value is -3.55. The molecule has 14 nitrogen and oxygen atoms in total. The summed E-state index contributed by atoms with van der Waals surface area (Å²) in [5.41, 5.74) is 2.38. The number of halogens is 1. The summed E-state index contributed by atoms with van der Waals surface area (Å²) in [5.74, 6) is -1.90. The zero-order valence-electron chi connectivity index (χ0n) is 30.6. The van der Waals surface area contributed by atoms with Crippen LogP contribution < -0.4 is 10.2 Å². The average molecular weight is 841 g/mol. The highest BCUT2D eigenvalue weighted by molar-refractivity contribution is 9.10. The Balaban J connectivity index is 1.13. The minimum atomic E-state index is -3.08. The van der Waals surface area contributed by atoms with Gasteiger partial charge in [0.15, 0.2) is 26.3 Å². The maximum Gasteiger partial charge on any atom is 0.264 e. The topological polar surface area (TPSA) is 210 Å². The highest BCUT2D eigenvalue weighted by atomic mass is 79.9. The maximum absolute atomic E-state index is 14.9. The highest BCUT2D eigenvalue weighted by Gasteiger charge is 2.66. The quantitative estimate of drug-likeness (QED) is 0.163. The van der Waals surface area contributed by atoms with Gasteiger partial charge >= 0.3 is 0 Å². The summed E-state index contributed by atoms with van der Waals surface area (Å²) < 4.78 is 12.7. The van der Waals surface area contributed by atoms with E-state index in [0.717, 1.165) is 15.6 Å². The molecule has 0 aliphatic carbocycles. The van der Waals surface area contributed by atoms with Crippen LogP contribution in [0.1, 0.15) is 35.6 Å². The number of fused-ring (bicyclic) bond motifs is 3. The van der Waals surface area contributed by atoms with Gasteiger partial charge in [0.25, 0.3) is 11.8 Å². The lowest BCUT2D eigenvalue weighted by atomic mass is 9.82. The van der Waals surface area contributed by atoms with Crippen LogP contribution in [0.3, 0.4) is 0 Å².